The highest BCUT2D eigenvalue weighted by atomic mass is 28.4. The normalized spacial score (nSPS) is 14.4. The van der Waals surface area contributed by atoms with Crippen molar-refractivity contribution >= 4 is 24.9 Å². The molecular weight excluding hydrogens is 432 g/mol. The third-order valence-electron chi connectivity index (χ3n) is 6.75. The van der Waals surface area contributed by atoms with Gasteiger partial charge in [-0.05, 0) is 49.2 Å². The van der Waals surface area contributed by atoms with E-state index in [1.54, 1.807) is 18.2 Å². The zero-order chi connectivity index (χ0) is 24.2. The molecule has 0 fully saturated rings. The summed E-state index contributed by atoms with van der Waals surface area (Å²) in [5.41, 5.74) is 2.11. The second kappa shape index (κ2) is 10.2. The minimum atomic E-state index is -2.02. The van der Waals surface area contributed by atoms with Gasteiger partial charge in [-0.2, -0.15) is 0 Å². The first-order valence-electron chi connectivity index (χ1n) is 11.5. The Morgan fingerprint density at radius 1 is 1.09 bits per heavy atom. The Kier molecular flexibility index (Phi) is 7.77. The molecule has 178 valence electrons. The van der Waals surface area contributed by atoms with Crippen LogP contribution in [0.1, 0.15) is 39.7 Å². The van der Waals surface area contributed by atoms with E-state index in [1.807, 2.05) is 30.5 Å². The van der Waals surface area contributed by atoms with Crippen LogP contribution in [0.25, 0.3) is 10.9 Å². The minimum absolute atomic E-state index is 0.0780. The van der Waals surface area contributed by atoms with E-state index < -0.39 is 8.32 Å². The molecule has 33 heavy (non-hydrogen) atoms. The van der Waals surface area contributed by atoms with E-state index in [1.165, 1.54) is 0 Å². The summed E-state index contributed by atoms with van der Waals surface area (Å²) in [4.78, 5) is 10.9. The Labute approximate surface area is 197 Å². The summed E-state index contributed by atoms with van der Waals surface area (Å²) < 4.78 is 15.2. The number of nitrogens with zero attached hydrogens (tertiary/aromatic N) is 2. The SMILES string of the molecule is CC(OCc1ccccc1)C(CCn1ccc2ccc([N+](=O)[O-])cc21)O[Si](C)(C)C(C)(C)C. The van der Waals surface area contributed by atoms with E-state index in [0.29, 0.717) is 13.2 Å². The smallest absolute Gasteiger partial charge is 0.271 e. The molecule has 2 aromatic carbocycles. The molecule has 1 heterocycles. The molecule has 0 aliphatic carbocycles. The maximum Gasteiger partial charge on any atom is 0.271 e. The standard InChI is InChI=1S/C26H36N2O4Si/c1-20(31-19-21-10-8-7-9-11-21)25(32-33(5,6)26(2,3)4)15-17-27-16-14-22-12-13-23(28(29)30)18-24(22)27/h7-14,16,18,20,25H,15,17,19H2,1-6H3. The van der Waals surface area contributed by atoms with Gasteiger partial charge in [0.05, 0.1) is 29.3 Å². The molecule has 0 saturated carbocycles. The average molecular weight is 469 g/mol. The Bertz CT molecular complexity index is 1070. The van der Waals surface area contributed by atoms with E-state index in [0.717, 1.165) is 22.9 Å². The van der Waals surface area contributed by atoms with Gasteiger partial charge in [-0.15, -0.1) is 0 Å². The number of nitro groups is 1. The molecule has 2 unspecified atom stereocenters. The predicted octanol–water partition coefficient (Wildman–Crippen LogP) is 6.94. The summed E-state index contributed by atoms with van der Waals surface area (Å²) in [7, 11) is -2.02. The Balaban J connectivity index is 1.78. The molecule has 3 aromatic rings. The van der Waals surface area contributed by atoms with Crippen molar-refractivity contribution in [2.75, 3.05) is 0 Å². The molecular formula is C26H36N2O4Si. The van der Waals surface area contributed by atoms with Crippen LogP contribution in [0.15, 0.2) is 60.8 Å². The molecule has 0 N–H and O–H groups in total. The van der Waals surface area contributed by atoms with Crippen LogP contribution in [0.5, 0.6) is 0 Å². The van der Waals surface area contributed by atoms with Crippen molar-refractivity contribution in [3.8, 4) is 0 Å². The Hall–Kier alpha value is -2.48. The number of aromatic nitrogens is 1. The Morgan fingerprint density at radius 2 is 1.79 bits per heavy atom. The summed E-state index contributed by atoms with van der Waals surface area (Å²) in [6.45, 7) is 14.6. The van der Waals surface area contributed by atoms with E-state index in [-0.39, 0.29) is 27.9 Å². The van der Waals surface area contributed by atoms with Crippen molar-refractivity contribution in [2.24, 2.45) is 0 Å². The number of hydrogen-bond donors (Lipinski definition) is 0. The van der Waals surface area contributed by atoms with Crippen molar-refractivity contribution in [2.45, 2.75) is 77.6 Å². The average Bonchev–Trinajstić information content (AvgIpc) is 3.17. The summed E-state index contributed by atoms with van der Waals surface area (Å²) in [6.07, 6.45) is 2.59. The Morgan fingerprint density at radius 3 is 2.42 bits per heavy atom. The van der Waals surface area contributed by atoms with Gasteiger partial charge >= 0.3 is 0 Å². The fourth-order valence-electron chi connectivity index (χ4n) is 3.60. The zero-order valence-corrected chi connectivity index (χ0v) is 21.6. The number of non-ortho nitro benzene ring substituents is 1. The lowest BCUT2D eigenvalue weighted by molar-refractivity contribution is -0.384. The number of rotatable bonds is 10. The van der Waals surface area contributed by atoms with Gasteiger partial charge in [-0.25, -0.2) is 0 Å². The predicted molar refractivity (Wildman–Crippen MR) is 136 cm³/mol. The number of benzene rings is 2. The summed E-state index contributed by atoms with van der Waals surface area (Å²) in [5.74, 6) is 0. The molecule has 7 heteroatoms. The lowest BCUT2D eigenvalue weighted by Crippen LogP contribution is -2.47. The van der Waals surface area contributed by atoms with Crippen LogP contribution in [0, 0.1) is 10.1 Å². The largest absolute Gasteiger partial charge is 0.411 e. The van der Waals surface area contributed by atoms with Crippen LogP contribution >= 0.6 is 0 Å². The molecule has 0 amide bonds. The van der Waals surface area contributed by atoms with E-state index >= 15 is 0 Å². The van der Waals surface area contributed by atoms with E-state index in [4.69, 9.17) is 9.16 Å². The van der Waals surface area contributed by atoms with Gasteiger partial charge in [0.25, 0.3) is 5.69 Å². The molecule has 1 aromatic heterocycles. The molecule has 0 bridgehead atoms. The highest BCUT2D eigenvalue weighted by molar-refractivity contribution is 6.74. The third-order valence-corrected chi connectivity index (χ3v) is 11.3. The van der Waals surface area contributed by atoms with Gasteiger partial charge in [-0.1, -0.05) is 51.1 Å². The maximum atomic E-state index is 11.2. The molecule has 0 aliphatic rings. The molecule has 6 nitrogen and oxygen atoms in total. The first-order chi connectivity index (χ1) is 15.5. The third kappa shape index (κ3) is 6.31. The van der Waals surface area contributed by atoms with Gasteiger partial charge in [0.1, 0.15) is 0 Å². The second-order valence-electron chi connectivity index (χ2n) is 10.2. The molecule has 0 aliphatic heterocycles. The lowest BCUT2D eigenvalue weighted by Gasteiger charge is -2.41. The minimum Gasteiger partial charge on any atom is -0.411 e. The van der Waals surface area contributed by atoms with Crippen LogP contribution in [0.2, 0.25) is 18.1 Å². The number of ether oxygens (including phenoxy) is 1. The molecule has 3 rings (SSSR count). The fourth-order valence-corrected chi connectivity index (χ4v) is 5.02. The fraction of sp³-hybridized carbons (Fsp3) is 0.462. The molecule has 2 atom stereocenters. The number of nitro benzene ring substituents is 1. The van der Waals surface area contributed by atoms with Gasteiger partial charge in [0, 0.05) is 30.3 Å². The summed E-state index contributed by atoms with van der Waals surface area (Å²) in [5, 5.41) is 12.3. The van der Waals surface area contributed by atoms with Gasteiger partial charge in [0.15, 0.2) is 8.32 Å². The molecule has 0 spiro atoms. The van der Waals surface area contributed by atoms with Gasteiger partial charge < -0.3 is 13.7 Å². The number of hydrogen-bond acceptors (Lipinski definition) is 4. The summed E-state index contributed by atoms with van der Waals surface area (Å²) in [6, 6.07) is 17.2. The van der Waals surface area contributed by atoms with Crippen LogP contribution < -0.4 is 0 Å². The summed E-state index contributed by atoms with van der Waals surface area (Å²) >= 11 is 0. The number of aryl methyl sites for hydroxylation is 1. The first kappa shape index (κ1) is 25.1. The van der Waals surface area contributed by atoms with Crippen molar-refractivity contribution < 1.29 is 14.1 Å². The quantitative estimate of drug-likeness (QED) is 0.184. The zero-order valence-electron chi connectivity index (χ0n) is 20.6. The monoisotopic (exact) mass is 468 g/mol. The van der Waals surface area contributed by atoms with Crippen LogP contribution in [0.3, 0.4) is 0 Å². The van der Waals surface area contributed by atoms with Gasteiger partial charge in [-0.3, -0.25) is 10.1 Å². The first-order valence-corrected chi connectivity index (χ1v) is 14.5. The second-order valence-corrected chi connectivity index (χ2v) is 15.0. The van der Waals surface area contributed by atoms with E-state index in [9.17, 15) is 10.1 Å². The van der Waals surface area contributed by atoms with E-state index in [2.05, 4.69) is 57.5 Å². The van der Waals surface area contributed by atoms with Crippen molar-refractivity contribution in [1.82, 2.24) is 4.57 Å². The lowest BCUT2D eigenvalue weighted by atomic mass is 10.1. The van der Waals surface area contributed by atoms with Crippen LogP contribution in [0.4, 0.5) is 5.69 Å². The topological polar surface area (TPSA) is 66.5 Å². The molecule has 0 radical (unpaired) electrons. The highest BCUT2D eigenvalue weighted by Crippen LogP contribution is 2.38. The van der Waals surface area contributed by atoms with Crippen LogP contribution in [-0.4, -0.2) is 30.0 Å². The van der Waals surface area contributed by atoms with Crippen molar-refractivity contribution in [1.29, 1.82) is 0 Å². The van der Waals surface area contributed by atoms with Gasteiger partial charge in [0.2, 0.25) is 0 Å². The van der Waals surface area contributed by atoms with Crippen LogP contribution in [-0.2, 0) is 22.3 Å². The van der Waals surface area contributed by atoms with Crippen molar-refractivity contribution in [3.05, 3.63) is 76.5 Å². The number of fused-ring (bicyclic) bond motifs is 1. The van der Waals surface area contributed by atoms with Crippen molar-refractivity contribution in [3.63, 3.8) is 0 Å². The maximum absolute atomic E-state index is 11.2. The highest BCUT2D eigenvalue weighted by Gasteiger charge is 2.40. The molecule has 0 saturated heterocycles.